The molecule has 0 bridgehead atoms. The predicted octanol–water partition coefficient (Wildman–Crippen LogP) is 1.57. The molecule has 1 amide bonds. The predicted molar refractivity (Wildman–Crippen MR) is 100 cm³/mol. The fourth-order valence-electron chi connectivity index (χ4n) is 2.26. The van der Waals surface area contributed by atoms with Crippen LogP contribution in [0.2, 0.25) is 0 Å². The van der Waals surface area contributed by atoms with Crippen molar-refractivity contribution >= 4 is 37.3 Å². The number of carbonyl (C=O) groups is 1. The summed E-state index contributed by atoms with van der Waals surface area (Å²) >= 11 is 0. The molecule has 26 heavy (non-hydrogen) atoms. The Morgan fingerprint density at radius 1 is 0.962 bits per heavy atom. The molecule has 0 aliphatic heterocycles. The Labute approximate surface area is 152 Å². The Kier molecular flexibility index (Phi) is 5.40. The second kappa shape index (κ2) is 7.06. The van der Waals surface area contributed by atoms with Crippen LogP contribution in [0.4, 0.5) is 11.4 Å². The SMILES string of the molecule is Cc1ccc(C(=O)Nc2ccc(C)c(S(N)(=O)=O)c2)cc1NS(C)(=O)=O. The van der Waals surface area contributed by atoms with Crippen molar-refractivity contribution in [1.29, 1.82) is 0 Å². The number of benzene rings is 2. The number of hydrogen-bond acceptors (Lipinski definition) is 5. The molecule has 4 N–H and O–H groups in total. The molecule has 8 nitrogen and oxygen atoms in total. The Hall–Kier alpha value is -2.43. The summed E-state index contributed by atoms with van der Waals surface area (Å²) in [5.41, 5.74) is 1.86. The number of nitrogens with two attached hydrogens (primary N) is 1. The number of anilines is 2. The van der Waals surface area contributed by atoms with Crippen molar-refractivity contribution in [3.05, 3.63) is 53.1 Å². The highest BCUT2D eigenvalue weighted by Gasteiger charge is 2.15. The van der Waals surface area contributed by atoms with Gasteiger partial charge >= 0.3 is 0 Å². The van der Waals surface area contributed by atoms with Crippen LogP contribution in [0.3, 0.4) is 0 Å². The molecule has 0 aliphatic rings. The van der Waals surface area contributed by atoms with E-state index in [9.17, 15) is 21.6 Å². The van der Waals surface area contributed by atoms with E-state index in [2.05, 4.69) is 10.0 Å². The number of carbonyl (C=O) groups excluding carboxylic acids is 1. The van der Waals surface area contributed by atoms with Crippen LogP contribution in [0.5, 0.6) is 0 Å². The third-order valence-electron chi connectivity index (χ3n) is 3.55. The lowest BCUT2D eigenvalue weighted by molar-refractivity contribution is 0.102. The van der Waals surface area contributed by atoms with Crippen molar-refractivity contribution in [3.8, 4) is 0 Å². The van der Waals surface area contributed by atoms with E-state index in [0.29, 0.717) is 11.1 Å². The number of primary sulfonamides is 1. The minimum Gasteiger partial charge on any atom is -0.322 e. The zero-order valence-corrected chi connectivity index (χ0v) is 16.0. The topological polar surface area (TPSA) is 135 Å². The first-order chi connectivity index (χ1) is 11.9. The molecule has 0 spiro atoms. The summed E-state index contributed by atoms with van der Waals surface area (Å²) in [6.07, 6.45) is 1.01. The van der Waals surface area contributed by atoms with Crippen molar-refractivity contribution in [2.45, 2.75) is 18.7 Å². The smallest absolute Gasteiger partial charge is 0.255 e. The third kappa shape index (κ3) is 5.04. The molecule has 2 rings (SSSR count). The van der Waals surface area contributed by atoms with Gasteiger partial charge < -0.3 is 5.32 Å². The van der Waals surface area contributed by atoms with Crippen molar-refractivity contribution < 1.29 is 21.6 Å². The first kappa shape index (κ1) is 19.9. The fraction of sp³-hybridized carbons (Fsp3) is 0.188. The zero-order chi connectivity index (χ0) is 19.7. The van der Waals surface area contributed by atoms with E-state index >= 15 is 0 Å². The maximum absolute atomic E-state index is 12.4. The van der Waals surface area contributed by atoms with Crippen LogP contribution in [0.15, 0.2) is 41.3 Å². The summed E-state index contributed by atoms with van der Waals surface area (Å²) < 4.78 is 48.3. The second-order valence-electron chi connectivity index (χ2n) is 5.88. The molecule has 0 heterocycles. The monoisotopic (exact) mass is 397 g/mol. The van der Waals surface area contributed by atoms with Gasteiger partial charge in [-0.25, -0.2) is 22.0 Å². The average Bonchev–Trinajstić information content (AvgIpc) is 2.49. The Morgan fingerprint density at radius 3 is 2.15 bits per heavy atom. The summed E-state index contributed by atoms with van der Waals surface area (Å²) in [5, 5.41) is 7.73. The van der Waals surface area contributed by atoms with Crippen LogP contribution in [0.1, 0.15) is 21.5 Å². The maximum atomic E-state index is 12.4. The van der Waals surface area contributed by atoms with Crippen LogP contribution in [0.25, 0.3) is 0 Å². The van der Waals surface area contributed by atoms with E-state index in [1.54, 1.807) is 26.0 Å². The molecule has 0 saturated heterocycles. The standard InChI is InChI=1S/C16H19N3O5S2/c1-10-4-6-12(8-14(10)19-25(3,21)22)16(20)18-13-7-5-11(2)15(9-13)26(17,23)24/h4-9,19H,1-3H3,(H,18,20)(H2,17,23,24). The lowest BCUT2D eigenvalue weighted by Crippen LogP contribution is -2.16. The number of hydrogen-bond donors (Lipinski definition) is 3. The summed E-state index contributed by atoms with van der Waals surface area (Å²) in [4.78, 5) is 12.3. The van der Waals surface area contributed by atoms with E-state index in [1.807, 2.05) is 0 Å². The molecule has 2 aromatic carbocycles. The molecular formula is C16H19N3O5S2. The number of sulfonamides is 2. The van der Waals surface area contributed by atoms with Gasteiger partial charge in [-0.2, -0.15) is 0 Å². The Bertz CT molecular complexity index is 1080. The van der Waals surface area contributed by atoms with Crippen LogP contribution < -0.4 is 15.2 Å². The minimum absolute atomic E-state index is 0.0846. The number of nitrogens with one attached hydrogen (secondary N) is 2. The molecular weight excluding hydrogens is 378 g/mol. The molecule has 0 atom stereocenters. The molecule has 0 aliphatic carbocycles. The van der Waals surface area contributed by atoms with Crippen LogP contribution in [-0.2, 0) is 20.0 Å². The van der Waals surface area contributed by atoms with Crippen LogP contribution in [0, 0.1) is 13.8 Å². The van der Waals surface area contributed by atoms with Crippen molar-refractivity contribution in [3.63, 3.8) is 0 Å². The van der Waals surface area contributed by atoms with E-state index in [4.69, 9.17) is 5.14 Å². The lowest BCUT2D eigenvalue weighted by atomic mass is 10.1. The average molecular weight is 397 g/mol. The molecule has 0 radical (unpaired) electrons. The van der Waals surface area contributed by atoms with Crippen LogP contribution >= 0.6 is 0 Å². The minimum atomic E-state index is -3.92. The van der Waals surface area contributed by atoms with Gasteiger partial charge in [-0.15, -0.1) is 0 Å². The number of aryl methyl sites for hydroxylation is 2. The van der Waals surface area contributed by atoms with Gasteiger partial charge in [0.1, 0.15) is 0 Å². The summed E-state index contributed by atoms with van der Waals surface area (Å²) in [6, 6.07) is 8.89. The highest BCUT2D eigenvalue weighted by molar-refractivity contribution is 7.92. The Morgan fingerprint density at radius 2 is 1.58 bits per heavy atom. The summed E-state index contributed by atoms with van der Waals surface area (Å²) in [5.74, 6) is -0.522. The first-order valence-corrected chi connectivity index (χ1v) is 10.8. The van der Waals surface area contributed by atoms with Gasteiger partial charge in [-0.3, -0.25) is 9.52 Å². The van der Waals surface area contributed by atoms with Gasteiger partial charge in [-0.05, 0) is 49.2 Å². The van der Waals surface area contributed by atoms with E-state index < -0.39 is 26.0 Å². The second-order valence-corrected chi connectivity index (χ2v) is 9.16. The summed E-state index contributed by atoms with van der Waals surface area (Å²) in [7, 11) is -7.41. The van der Waals surface area contributed by atoms with Crippen molar-refractivity contribution in [1.82, 2.24) is 0 Å². The largest absolute Gasteiger partial charge is 0.322 e. The van der Waals surface area contributed by atoms with Gasteiger partial charge in [0.25, 0.3) is 5.91 Å². The molecule has 0 fully saturated rings. The highest BCUT2D eigenvalue weighted by Crippen LogP contribution is 2.21. The quantitative estimate of drug-likeness (QED) is 0.704. The van der Waals surface area contributed by atoms with Crippen LogP contribution in [-0.4, -0.2) is 29.0 Å². The number of rotatable bonds is 5. The van der Waals surface area contributed by atoms with E-state index in [-0.39, 0.29) is 21.8 Å². The fourth-order valence-corrected chi connectivity index (χ4v) is 3.69. The molecule has 0 aromatic heterocycles. The van der Waals surface area contributed by atoms with E-state index in [1.165, 1.54) is 24.3 Å². The van der Waals surface area contributed by atoms with E-state index in [0.717, 1.165) is 6.26 Å². The first-order valence-electron chi connectivity index (χ1n) is 7.40. The van der Waals surface area contributed by atoms with Gasteiger partial charge in [0.05, 0.1) is 16.8 Å². The van der Waals surface area contributed by atoms with Gasteiger partial charge in [0.15, 0.2) is 0 Å². The lowest BCUT2D eigenvalue weighted by Gasteiger charge is -2.12. The molecule has 0 unspecified atom stereocenters. The Balaban J connectivity index is 2.33. The van der Waals surface area contributed by atoms with Gasteiger partial charge in [-0.1, -0.05) is 12.1 Å². The zero-order valence-electron chi connectivity index (χ0n) is 14.4. The summed E-state index contributed by atoms with van der Waals surface area (Å²) in [6.45, 7) is 3.29. The molecule has 2 aromatic rings. The van der Waals surface area contributed by atoms with Crippen molar-refractivity contribution in [2.75, 3.05) is 16.3 Å². The molecule has 140 valence electrons. The highest BCUT2D eigenvalue weighted by atomic mass is 32.2. The van der Waals surface area contributed by atoms with Crippen molar-refractivity contribution in [2.24, 2.45) is 5.14 Å². The molecule has 10 heteroatoms. The third-order valence-corrected chi connectivity index (χ3v) is 5.19. The molecule has 0 saturated carbocycles. The van der Waals surface area contributed by atoms with Gasteiger partial charge in [0.2, 0.25) is 20.0 Å². The normalized spacial score (nSPS) is 11.8. The number of amides is 1. The maximum Gasteiger partial charge on any atom is 0.255 e. The van der Waals surface area contributed by atoms with Gasteiger partial charge in [0, 0.05) is 11.3 Å².